The summed E-state index contributed by atoms with van der Waals surface area (Å²) in [6.07, 6.45) is -2.18. The number of rotatable bonds is 4. The molecule has 1 saturated heterocycles. The molecule has 2 rings (SSSR count). The van der Waals surface area contributed by atoms with Crippen molar-refractivity contribution in [2.24, 2.45) is 0 Å². The van der Waals surface area contributed by atoms with Crippen LogP contribution in [0.2, 0.25) is 0 Å². The monoisotopic (exact) mass is 371 g/mol. The molecule has 2 atom stereocenters. The zero-order valence-corrected chi connectivity index (χ0v) is 14.5. The van der Waals surface area contributed by atoms with Gasteiger partial charge in [-0.05, 0) is 37.6 Å². The van der Waals surface area contributed by atoms with E-state index in [0.29, 0.717) is 18.7 Å². The highest BCUT2D eigenvalue weighted by Gasteiger charge is 2.30. The highest BCUT2D eigenvalue weighted by Crippen LogP contribution is 2.29. The van der Waals surface area contributed by atoms with Crippen LogP contribution in [0.25, 0.3) is 6.08 Å². The summed E-state index contributed by atoms with van der Waals surface area (Å²) in [5, 5.41) is 0. The molecule has 8 heteroatoms. The lowest BCUT2D eigenvalue weighted by molar-refractivity contribution is -0.154. The Morgan fingerprint density at radius 2 is 1.77 bits per heavy atom. The Hall–Kier alpha value is -2.35. The molecule has 0 bridgehead atoms. The van der Waals surface area contributed by atoms with E-state index in [-0.39, 0.29) is 18.1 Å². The maximum absolute atomic E-state index is 12.5. The van der Waals surface area contributed by atoms with Crippen LogP contribution in [0.1, 0.15) is 25.0 Å². The fourth-order valence-corrected chi connectivity index (χ4v) is 2.60. The maximum Gasteiger partial charge on any atom is 0.416 e. The Labute approximate surface area is 149 Å². The van der Waals surface area contributed by atoms with Crippen molar-refractivity contribution in [1.29, 1.82) is 0 Å². The van der Waals surface area contributed by atoms with E-state index in [2.05, 4.69) is 0 Å². The first kappa shape index (κ1) is 20.0. The van der Waals surface area contributed by atoms with E-state index in [1.54, 1.807) is 4.90 Å². The highest BCUT2D eigenvalue weighted by molar-refractivity contribution is 5.89. The smallest absolute Gasteiger partial charge is 0.416 e. The number of halogens is 3. The number of carbonyl (C=O) groups excluding carboxylic acids is 2. The fraction of sp³-hybridized carbons (Fsp3) is 0.444. The number of amides is 1. The summed E-state index contributed by atoms with van der Waals surface area (Å²) >= 11 is 0. The van der Waals surface area contributed by atoms with E-state index in [4.69, 9.17) is 9.47 Å². The lowest BCUT2D eigenvalue weighted by atomic mass is 10.1. The summed E-state index contributed by atoms with van der Waals surface area (Å²) in [4.78, 5) is 25.3. The van der Waals surface area contributed by atoms with Crippen LogP contribution < -0.4 is 0 Å². The molecule has 1 aromatic carbocycles. The van der Waals surface area contributed by atoms with Crippen LogP contribution in [0.4, 0.5) is 13.2 Å². The Bertz CT molecular complexity index is 660. The number of hydrogen-bond donors (Lipinski definition) is 0. The molecule has 5 nitrogen and oxygen atoms in total. The first-order valence-electron chi connectivity index (χ1n) is 8.10. The first-order chi connectivity index (χ1) is 12.1. The average Bonchev–Trinajstić information content (AvgIpc) is 2.56. The molecule has 26 heavy (non-hydrogen) atoms. The van der Waals surface area contributed by atoms with Gasteiger partial charge in [0.15, 0.2) is 6.61 Å². The van der Waals surface area contributed by atoms with Crippen molar-refractivity contribution in [3.63, 3.8) is 0 Å². The second-order valence-corrected chi connectivity index (χ2v) is 6.12. The summed E-state index contributed by atoms with van der Waals surface area (Å²) in [5.74, 6) is -1.06. The Morgan fingerprint density at radius 3 is 2.31 bits per heavy atom. The number of esters is 1. The summed E-state index contributed by atoms with van der Waals surface area (Å²) < 4.78 is 47.8. The number of nitrogens with zero attached hydrogens (tertiary/aromatic N) is 1. The number of alkyl halides is 3. The van der Waals surface area contributed by atoms with Gasteiger partial charge < -0.3 is 14.4 Å². The van der Waals surface area contributed by atoms with Gasteiger partial charge in [-0.25, -0.2) is 4.79 Å². The van der Waals surface area contributed by atoms with Crippen LogP contribution in [0.5, 0.6) is 0 Å². The van der Waals surface area contributed by atoms with Crippen LogP contribution in [0.15, 0.2) is 30.3 Å². The average molecular weight is 371 g/mol. The van der Waals surface area contributed by atoms with Crippen molar-refractivity contribution < 1.29 is 32.2 Å². The molecule has 0 aliphatic carbocycles. The van der Waals surface area contributed by atoms with Crippen LogP contribution in [-0.4, -0.2) is 48.7 Å². The van der Waals surface area contributed by atoms with E-state index in [1.807, 2.05) is 13.8 Å². The fourth-order valence-electron chi connectivity index (χ4n) is 2.60. The summed E-state index contributed by atoms with van der Waals surface area (Å²) in [7, 11) is 0. The minimum absolute atomic E-state index is 0.0852. The van der Waals surface area contributed by atoms with Gasteiger partial charge in [0.2, 0.25) is 0 Å². The number of morpholine rings is 1. The number of ether oxygens (including phenoxy) is 2. The molecule has 1 aromatic rings. The van der Waals surface area contributed by atoms with Crippen molar-refractivity contribution in [1.82, 2.24) is 4.90 Å². The largest absolute Gasteiger partial charge is 0.452 e. The zero-order chi connectivity index (χ0) is 19.3. The predicted octanol–water partition coefficient (Wildman–Crippen LogP) is 2.90. The number of hydrogen-bond acceptors (Lipinski definition) is 4. The Morgan fingerprint density at radius 1 is 1.19 bits per heavy atom. The van der Waals surface area contributed by atoms with Gasteiger partial charge in [-0.1, -0.05) is 12.1 Å². The van der Waals surface area contributed by atoms with Gasteiger partial charge in [-0.3, -0.25) is 4.79 Å². The number of carbonyl (C=O) groups is 2. The third kappa shape index (κ3) is 5.87. The van der Waals surface area contributed by atoms with E-state index in [0.717, 1.165) is 18.2 Å². The second-order valence-electron chi connectivity index (χ2n) is 6.12. The molecule has 142 valence electrons. The van der Waals surface area contributed by atoms with Crippen LogP contribution in [0.3, 0.4) is 0 Å². The molecule has 1 heterocycles. The quantitative estimate of drug-likeness (QED) is 0.603. The van der Waals surface area contributed by atoms with Gasteiger partial charge in [-0.2, -0.15) is 13.2 Å². The molecule has 0 unspecified atom stereocenters. The molecule has 1 amide bonds. The molecule has 1 fully saturated rings. The molecule has 0 radical (unpaired) electrons. The highest BCUT2D eigenvalue weighted by atomic mass is 19.4. The third-order valence-corrected chi connectivity index (χ3v) is 3.76. The molecular weight excluding hydrogens is 351 g/mol. The summed E-state index contributed by atoms with van der Waals surface area (Å²) in [5.41, 5.74) is -0.353. The first-order valence-corrected chi connectivity index (χ1v) is 8.10. The van der Waals surface area contributed by atoms with Crippen LogP contribution in [-0.2, 0) is 25.2 Å². The third-order valence-electron chi connectivity index (χ3n) is 3.76. The predicted molar refractivity (Wildman–Crippen MR) is 88.0 cm³/mol. The topological polar surface area (TPSA) is 55.8 Å². The Balaban J connectivity index is 1.82. The van der Waals surface area contributed by atoms with Gasteiger partial charge in [0.05, 0.1) is 17.8 Å². The van der Waals surface area contributed by atoms with E-state index < -0.39 is 24.3 Å². The van der Waals surface area contributed by atoms with Crippen LogP contribution >= 0.6 is 0 Å². The van der Waals surface area contributed by atoms with Crippen molar-refractivity contribution >= 4 is 18.0 Å². The standard InChI is InChI=1S/C18H20F3NO4/c1-12-9-22(10-13(2)26-12)16(23)11-25-17(24)8-5-14-3-6-15(7-4-14)18(19,20)21/h3-8,12-13H,9-11H2,1-2H3/b8-5+/t12-,13-/m0/s1. The number of benzene rings is 1. The lowest BCUT2D eigenvalue weighted by Crippen LogP contribution is -2.49. The van der Waals surface area contributed by atoms with Gasteiger partial charge in [0, 0.05) is 19.2 Å². The maximum atomic E-state index is 12.5. The van der Waals surface area contributed by atoms with Crippen molar-refractivity contribution in [3.05, 3.63) is 41.5 Å². The minimum Gasteiger partial charge on any atom is -0.452 e. The van der Waals surface area contributed by atoms with E-state index >= 15 is 0 Å². The molecular formula is C18H20F3NO4. The van der Waals surface area contributed by atoms with Crippen molar-refractivity contribution in [2.45, 2.75) is 32.2 Å². The minimum atomic E-state index is -4.41. The Kier molecular flexibility index (Phi) is 6.42. The van der Waals surface area contributed by atoms with E-state index in [9.17, 15) is 22.8 Å². The van der Waals surface area contributed by atoms with Gasteiger partial charge >= 0.3 is 12.1 Å². The van der Waals surface area contributed by atoms with Crippen molar-refractivity contribution in [3.8, 4) is 0 Å². The van der Waals surface area contributed by atoms with Crippen molar-refractivity contribution in [2.75, 3.05) is 19.7 Å². The lowest BCUT2D eigenvalue weighted by Gasteiger charge is -2.35. The SMILES string of the molecule is C[C@H]1CN(C(=O)COC(=O)/C=C/c2ccc(C(F)(F)F)cc2)C[C@H](C)O1. The molecule has 0 saturated carbocycles. The van der Waals surface area contributed by atoms with E-state index in [1.165, 1.54) is 18.2 Å². The molecule has 0 spiro atoms. The van der Waals surface area contributed by atoms with Gasteiger partial charge in [-0.15, -0.1) is 0 Å². The van der Waals surface area contributed by atoms with Gasteiger partial charge in [0.1, 0.15) is 0 Å². The summed E-state index contributed by atoms with van der Waals surface area (Å²) in [6, 6.07) is 4.34. The normalized spacial score (nSPS) is 21.0. The molecule has 1 aliphatic rings. The second kappa shape index (κ2) is 8.35. The molecule has 0 N–H and O–H groups in total. The molecule has 0 aromatic heterocycles. The van der Waals surface area contributed by atoms with Gasteiger partial charge in [0.25, 0.3) is 5.91 Å². The zero-order valence-electron chi connectivity index (χ0n) is 14.5. The summed E-state index contributed by atoms with van der Waals surface area (Å²) in [6.45, 7) is 4.18. The van der Waals surface area contributed by atoms with Crippen LogP contribution in [0, 0.1) is 0 Å². The molecule has 1 aliphatic heterocycles.